The van der Waals surface area contributed by atoms with E-state index in [0.29, 0.717) is 12.5 Å². The first kappa shape index (κ1) is 11.5. The molecule has 1 aromatic rings. The molecule has 2 rings (SSSR count). The Bertz CT molecular complexity index is 402. The van der Waals surface area contributed by atoms with E-state index >= 15 is 0 Å². The standard InChI is InChI=1S/C12H14BrNO2/c1-16-11-5-2-9(13)6-8(11)7-12(15)14-10-3-4-10/h2,5-6,10H,3-4,7H2,1H3,(H,14,15). The topological polar surface area (TPSA) is 38.3 Å². The quantitative estimate of drug-likeness (QED) is 0.921. The maximum Gasteiger partial charge on any atom is 0.224 e. The number of rotatable bonds is 4. The summed E-state index contributed by atoms with van der Waals surface area (Å²) in [6, 6.07) is 6.10. The third kappa shape index (κ3) is 2.98. The first-order valence-electron chi connectivity index (χ1n) is 5.31. The van der Waals surface area contributed by atoms with E-state index in [1.807, 2.05) is 18.2 Å². The molecule has 0 aromatic heterocycles. The fourth-order valence-electron chi connectivity index (χ4n) is 1.56. The summed E-state index contributed by atoms with van der Waals surface area (Å²) in [5.74, 6) is 0.827. The maximum absolute atomic E-state index is 11.7. The van der Waals surface area contributed by atoms with Crippen LogP contribution >= 0.6 is 15.9 Å². The van der Waals surface area contributed by atoms with E-state index in [1.165, 1.54) is 0 Å². The Labute approximate surface area is 103 Å². The van der Waals surface area contributed by atoms with Gasteiger partial charge in [-0.3, -0.25) is 4.79 Å². The van der Waals surface area contributed by atoms with Crippen LogP contribution in [0.5, 0.6) is 5.75 Å². The zero-order valence-electron chi connectivity index (χ0n) is 9.13. The van der Waals surface area contributed by atoms with Gasteiger partial charge in [-0.25, -0.2) is 0 Å². The average Bonchev–Trinajstić information content (AvgIpc) is 3.02. The first-order valence-corrected chi connectivity index (χ1v) is 6.10. The minimum Gasteiger partial charge on any atom is -0.496 e. The Kier molecular flexibility index (Phi) is 3.49. The monoisotopic (exact) mass is 283 g/mol. The predicted octanol–water partition coefficient (Wildman–Crippen LogP) is 2.28. The van der Waals surface area contributed by atoms with Gasteiger partial charge in [-0.15, -0.1) is 0 Å². The second kappa shape index (κ2) is 4.87. The van der Waals surface area contributed by atoms with Crippen molar-refractivity contribution in [1.29, 1.82) is 0 Å². The van der Waals surface area contributed by atoms with Crippen LogP contribution in [-0.4, -0.2) is 19.1 Å². The molecule has 0 radical (unpaired) electrons. The highest BCUT2D eigenvalue weighted by Gasteiger charge is 2.23. The minimum atomic E-state index is 0.0684. The van der Waals surface area contributed by atoms with Crippen molar-refractivity contribution in [3.05, 3.63) is 28.2 Å². The smallest absolute Gasteiger partial charge is 0.224 e. The lowest BCUT2D eigenvalue weighted by molar-refractivity contribution is -0.120. The molecule has 0 aliphatic heterocycles. The van der Waals surface area contributed by atoms with Crippen LogP contribution in [0.2, 0.25) is 0 Å². The van der Waals surface area contributed by atoms with Crippen LogP contribution in [-0.2, 0) is 11.2 Å². The fourth-order valence-corrected chi connectivity index (χ4v) is 1.97. The van der Waals surface area contributed by atoms with Gasteiger partial charge in [0.1, 0.15) is 5.75 Å². The lowest BCUT2D eigenvalue weighted by Gasteiger charge is -2.09. The summed E-state index contributed by atoms with van der Waals surface area (Å²) in [7, 11) is 1.62. The van der Waals surface area contributed by atoms with Crippen LogP contribution in [0.3, 0.4) is 0 Å². The molecular weight excluding hydrogens is 270 g/mol. The lowest BCUT2D eigenvalue weighted by atomic mass is 10.1. The number of amides is 1. The lowest BCUT2D eigenvalue weighted by Crippen LogP contribution is -2.27. The molecule has 0 heterocycles. The zero-order valence-corrected chi connectivity index (χ0v) is 10.7. The number of methoxy groups -OCH3 is 1. The van der Waals surface area contributed by atoms with E-state index in [-0.39, 0.29) is 5.91 Å². The van der Waals surface area contributed by atoms with Crippen LogP contribution in [0.25, 0.3) is 0 Å². The van der Waals surface area contributed by atoms with E-state index in [2.05, 4.69) is 21.2 Å². The summed E-state index contributed by atoms with van der Waals surface area (Å²) in [6.07, 6.45) is 2.60. The number of hydrogen-bond acceptors (Lipinski definition) is 2. The molecule has 1 amide bonds. The molecule has 1 aliphatic rings. The van der Waals surface area contributed by atoms with Gasteiger partial charge in [0.2, 0.25) is 5.91 Å². The Balaban J connectivity index is 2.05. The summed E-state index contributed by atoms with van der Waals surface area (Å²) in [5, 5.41) is 2.96. The molecule has 3 nitrogen and oxygen atoms in total. The minimum absolute atomic E-state index is 0.0684. The molecule has 1 aliphatic carbocycles. The van der Waals surface area contributed by atoms with Crippen molar-refractivity contribution in [3.8, 4) is 5.75 Å². The largest absolute Gasteiger partial charge is 0.496 e. The van der Waals surface area contributed by atoms with Gasteiger partial charge in [0.15, 0.2) is 0 Å². The molecule has 1 fully saturated rings. The number of benzene rings is 1. The van der Waals surface area contributed by atoms with Crippen LogP contribution in [0, 0.1) is 0 Å². The first-order chi connectivity index (χ1) is 7.69. The molecule has 1 aromatic carbocycles. The third-order valence-electron chi connectivity index (χ3n) is 2.54. The van der Waals surface area contributed by atoms with E-state index in [0.717, 1.165) is 28.6 Å². The van der Waals surface area contributed by atoms with E-state index in [4.69, 9.17) is 4.74 Å². The second-order valence-corrected chi connectivity index (χ2v) is 4.89. The molecule has 1 saturated carbocycles. The Morgan fingerprint density at radius 1 is 1.56 bits per heavy atom. The molecule has 86 valence electrons. The Morgan fingerprint density at radius 3 is 2.94 bits per heavy atom. The zero-order chi connectivity index (χ0) is 11.5. The van der Waals surface area contributed by atoms with Crippen molar-refractivity contribution < 1.29 is 9.53 Å². The maximum atomic E-state index is 11.7. The van der Waals surface area contributed by atoms with Gasteiger partial charge in [0, 0.05) is 16.1 Å². The third-order valence-corrected chi connectivity index (χ3v) is 3.03. The summed E-state index contributed by atoms with van der Waals surface area (Å²) in [4.78, 5) is 11.7. The fraction of sp³-hybridized carbons (Fsp3) is 0.417. The van der Waals surface area contributed by atoms with Gasteiger partial charge in [-0.1, -0.05) is 15.9 Å². The number of carbonyl (C=O) groups is 1. The predicted molar refractivity (Wildman–Crippen MR) is 65.6 cm³/mol. The van der Waals surface area contributed by atoms with Gasteiger partial charge in [-0.2, -0.15) is 0 Å². The molecule has 0 spiro atoms. The van der Waals surface area contributed by atoms with Gasteiger partial charge < -0.3 is 10.1 Å². The number of halogens is 1. The van der Waals surface area contributed by atoms with Crippen LogP contribution < -0.4 is 10.1 Å². The van der Waals surface area contributed by atoms with Crippen LogP contribution in [0.1, 0.15) is 18.4 Å². The summed E-state index contributed by atoms with van der Waals surface area (Å²) in [5.41, 5.74) is 0.912. The normalized spacial score (nSPS) is 14.6. The van der Waals surface area contributed by atoms with Crippen LogP contribution in [0.4, 0.5) is 0 Å². The summed E-state index contributed by atoms with van der Waals surface area (Å²) >= 11 is 3.39. The van der Waals surface area contributed by atoms with E-state index in [9.17, 15) is 4.79 Å². The molecule has 1 N–H and O–H groups in total. The average molecular weight is 284 g/mol. The summed E-state index contributed by atoms with van der Waals surface area (Å²) < 4.78 is 6.18. The van der Waals surface area contributed by atoms with Crippen LogP contribution in [0.15, 0.2) is 22.7 Å². The van der Waals surface area contributed by atoms with E-state index in [1.54, 1.807) is 7.11 Å². The second-order valence-electron chi connectivity index (χ2n) is 3.97. The molecule has 4 heteroatoms. The molecule has 0 bridgehead atoms. The summed E-state index contributed by atoms with van der Waals surface area (Å²) in [6.45, 7) is 0. The molecular formula is C12H14BrNO2. The molecule has 0 atom stereocenters. The number of carbonyl (C=O) groups excluding carboxylic acids is 1. The SMILES string of the molecule is COc1ccc(Br)cc1CC(=O)NC1CC1. The van der Waals surface area contributed by atoms with Crippen molar-refractivity contribution in [2.75, 3.05) is 7.11 Å². The number of ether oxygens (including phenoxy) is 1. The van der Waals surface area contributed by atoms with Crippen molar-refractivity contribution in [2.24, 2.45) is 0 Å². The molecule has 0 saturated heterocycles. The Morgan fingerprint density at radius 2 is 2.31 bits per heavy atom. The van der Waals surface area contributed by atoms with E-state index < -0.39 is 0 Å². The van der Waals surface area contributed by atoms with Crippen molar-refractivity contribution in [3.63, 3.8) is 0 Å². The highest BCUT2D eigenvalue weighted by Crippen LogP contribution is 2.24. The van der Waals surface area contributed by atoms with Crippen molar-refractivity contribution in [2.45, 2.75) is 25.3 Å². The molecule has 0 unspecified atom stereocenters. The number of nitrogens with one attached hydrogen (secondary N) is 1. The van der Waals surface area contributed by atoms with Gasteiger partial charge in [-0.05, 0) is 31.0 Å². The van der Waals surface area contributed by atoms with Gasteiger partial charge >= 0.3 is 0 Å². The highest BCUT2D eigenvalue weighted by molar-refractivity contribution is 9.10. The van der Waals surface area contributed by atoms with Crippen molar-refractivity contribution >= 4 is 21.8 Å². The van der Waals surface area contributed by atoms with Gasteiger partial charge in [0.05, 0.1) is 13.5 Å². The number of hydrogen-bond donors (Lipinski definition) is 1. The van der Waals surface area contributed by atoms with Gasteiger partial charge in [0.25, 0.3) is 0 Å². The molecule has 16 heavy (non-hydrogen) atoms. The highest BCUT2D eigenvalue weighted by atomic mass is 79.9. The Hall–Kier alpha value is -1.03. The van der Waals surface area contributed by atoms with Crippen molar-refractivity contribution in [1.82, 2.24) is 5.32 Å².